The van der Waals surface area contributed by atoms with Gasteiger partial charge in [-0.25, -0.2) is 0 Å². The number of nitrogens with one attached hydrogen (secondary N) is 1. The van der Waals surface area contributed by atoms with Gasteiger partial charge in [0.1, 0.15) is 0 Å². The maximum atomic E-state index is 12.5. The molecule has 8 heteroatoms. The van der Waals surface area contributed by atoms with Gasteiger partial charge in [-0.15, -0.1) is 5.10 Å². The molecule has 3 heterocycles. The summed E-state index contributed by atoms with van der Waals surface area (Å²) in [5.41, 5.74) is 1.99. The zero-order valence-corrected chi connectivity index (χ0v) is 17.5. The monoisotopic (exact) mass is 410 g/mol. The molecule has 1 atom stereocenters. The molecule has 8 nitrogen and oxygen atoms in total. The molecule has 0 bridgehead atoms. The number of hydrogen-bond acceptors (Lipinski definition) is 7. The molecule has 0 spiro atoms. The van der Waals surface area contributed by atoms with Crippen LogP contribution in [0.5, 0.6) is 0 Å². The van der Waals surface area contributed by atoms with Gasteiger partial charge in [0.2, 0.25) is 5.91 Å². The largest absolute Gasteiger partial charge is 0.378 e. The van der Waals surface area contributed by atoms with E-state index in [4.69, 9.17) is 4.74 Å². The summed E-state index contributed by atoms with van der Waals surface area (Å²) in [6.45, 7) is 5.50. The van der Waals surface area contributed by atoms with Gasteiger partial charge in [0.25, 0.3) is 0 Å². The summed E-state index contributed by atoms with van der Waals surface area (Å²) in [7, 11) is 1.99. The summed E-state index contributed by atoms with van der Waals surface area (Å²) in [4.78, 5) is 19.2. The van der Waals surface area contributed by atoms with Crippen molar-refractivity contribution in [2.24, 2.45) is 0 Å². The third-order valence-electron chi connectivity index (χ3n) is 5.69. The smallest absolute Gasteiger partial charge is 0.238 e. The first-order valence-corrected chi connectivity index (χ1v) is 10.6. The Hall–Kier alpha value is -2.71. The number of hydrogen-bond donors (Lipinski definition) is 1. The number of morpholine rings is 1. The Labute approximate surface area is 177 Å². The molecular weight excluding hydrogens is 380 g/mol. The second-order valence-corrected chi connectivity index (χ2v) is 7.96. The summed E-state index contributed by atoms with van der Waals surface area (Å²) in [5.74, 6) is 0.916. The molecule has 160 valence electrons. The first-order chi connectivity index (χ1) is 14.7. The van der Waals surface area contributed by atoms with Gasteiger partial charge < -0.3 is 19.9 Å². The molecule has 0 radical (unpaired) electrons. The van der Waals surface area contributed by atoms with E-state index in [-0.39, 0.29) is 5.91 Å². The molecule has 0 saturated carbocycles. The Morgan fingerprint density at radius 2 is 2.00 bits per heavy atom. The van der Waals surface area contributed by atoms with E-state index in [2.05, 4.69) is 42.3 Å². The van der Waals surface area contributed by atoms with Crippen molar-refractivity contribution >= 4 is 23.1 Å². The van der Waals surface area contributed by atoms with Crippen LogP contribution in [-0.4, -0.2) is 80.0 Å². The molecular formula is C22H30N6O2. The summed E-state index contributed by atoms with van der Waals surface area (Å²) in [6.07, 6.45) is 3.93. The minimum Gasteiger partial charge on any atom is -0.378 e. The highest BCUT2D eigenvalue weighted by Gasteiger charge is 2.27. The molecule has 1 aromatic carbocycles. The summed E-state index contributed by atoms with van der Waals surface area (Å²) in [6, 6.07) is 12.3. The van der Waals surface area contributed by atoms with Crippen LogP contribution in [-0.2, 0) is 9.53 Å². The Morgan fingerprint density at radius 1 is 1.20 bits per heavy atom. The molecule has 2 fully saturated rings. The lowest BCUT2D eigenvalue weighted by Gasteiger charge is -2.29. The molecule has 30 heavy (non-hydrogen) atoms. The van der Waals surface area contributed by atoms with Crippen molar-refractivity contribution in [1.82, 2.24) is 15.1 Å². The minimum atomic E-state index is 0.000622. The zero-order chi connectivity index (χ0) is 20.8. The van der Waals surface area contributed by atoms with Crippen LogP contribution < -0.4 is 15.1 Å². The van der Waals surface area contributed by atoms with Crippen molar-refractivity contribution in [3.63, 3.8) is 0 Å². The van der Waals surface area contributed by atoms with Gasteiger partial charge in [0, 0.05) is 49.8 Å². The van der Waals surface area contributed by atoms with Crippen LogP contribution in [0.2, 0.25) is 0 Å². The Kier molecular flexibility index (Phi) is 6.76. The van der Waals surface area contributed by atoms with Crippen molar-refractivity contribution in [2.75, 3.05) is 68.1 Å². The van der Waals surface area contributed by atoms with E-state index in [1.807, 2.05) is 31.3 Å². The van der Waals surface area contributed by atoms with E-state index in [1.54, 1.807) is 6.20 Å². The molecule has 4 rings (SSSR count). The molecule has 1 N–H and O–H groups in total. The average Bonchev–Trinajstić information content (AvgIpc) is 3.23. The van der Waals surface area contributed by atoms with Crippen LogP contribution in [0.25, 0.3) is 0 Å². The van der Waals surface area contributed by atoms with Crippen molar-refractivity contribution in [1.29, 1.82) is 0 Å². The lowest BCUT2D eigenvalue weighted by Crippen LogP contribution is -2.42. The number of carbonyl (C=O) groups excluding carboxylic acids is 1. The van der Waals surface area contributed by atoms with Crippen molar-refractivity contribution in [3.8, 4) is 0 Å². The maximum absolute atomic E-state index is 12.5. The standard InChI is InChI=1S/C22H30N6O2/c1-26(16-20-4-3-11-28(20)21-5-2-10-23-25-21)17-22(29)24-18-6-8-19(9-7-18)27-12-14-30-15-13-27/h2,5-10,20H,3-4,11-17H2,1H3,(H,24,29). The molecule has 0 aliphatic carbocycles. The quantitative estimate of drug-likeness (QED) is 0.747. The second kappa shape index (κ2) is 9.86. The van der Waals surface area contributed by atoms with Crippen molar-refractivity contribution in [2.45, 2.75) is 18.9 Å². The number of nitrogens with zero attached hydrogens (tertiary/aromatic N) is 5. The molecule has 2 aliphatic heterocycles. The first kappa shape index (κ1) is 20.6. The first-order valence-electron chi connectivity index (χ1n) is 10.6. The third kappa shape index (κ3) is 5.25. The highest BCUT2D eigenvalue weighted by atomic mass is 16.5. The van der Waals surface area contributed by atoms with E-state index in [0.29, 0.717) is 12.6 Å². The number of benzene rings is 1. The van der Waals surface area contributed by atoms with Gasteiger partial charge in [-0.1, -0.05) is 0 Å². The normalized spacial score (nSPS) is 19.3. The number of ether oxygens (including phenoxy) is 1. The number of likely N-dealkylation sites (N-methyl/N-ethyl adjacent to an activating group) is 1. The molecule has 1 amide bonds. The number of rotatable bonds is 7. The van der Waals surface area contributed by atoms with E-state index < -0.39 is 0 Å². The number of anilines is 3. The molecule has 2 saturated heterocycles. The fourth-order valence-electron chi connectivity index (χ4n) is 4.22. The van der Waals surface area contributed by atoms with E-state index in [9.17, 15) is 4.79 Å². The summed E-state index contributed by atoms with van der Waals surface area (Å²) >= 11 is 0. The molecule has 2 aromatic rings. The van der Waals surface area contributed by atoms with Gasteiger partial charge in [0.05, 0.1) is 19.8 Å². The second-order valence-electron chi connectivity index (χ2n) is 7.96. The van der Waals surface area contributed by atoms with Gasteiger partial charge in [-0.05, 0) is 56.3 Å². The summed E-state index contributed by atoms with van der Waals surface area (Å²) < 4.78 is 5.40. The van der Waals surface area contributed by atoms with Crippen LogP contribution >= 0.6 is 0 Å². The fourth-order valence-corrected chi connectivity index (χ4v) is 4.22. The Balaban J connectivity index is 1.26. The van der Waals surface area contributed by atoms with E-state index in [1.165, 1.54) is 5.69 Å². The van der Waals surface area contributed by atoms with Crippen LogP contribution in [0.15, 0.2) is 42.6 Å². The van der Waals surface area contributed by atoms with Crippen LogP contribution in [0.4, 0.5) is 17.2 Å². The Bertz CT molecular complexity index is 810. The predicted molar refractivity (Wildman–Crippen MR) is 118 cm³/mol. The van der Waals surface area contributed by atoms with E-state index >= 15 is 0 Å². The van der Waals surface area contributed by atoms with Crippen LogP contribution in [0.1, 0.15) is 12.8 Å². The highest BCUT2D eigenvalue weighted by Crippen LogP contribution is 2.23. The van der Waals surface area contributed by atoms with Gasteiger partial charge in [-0.2, -0.15) is 5.10 Å². The van der Waals surface area contributed by atoms with E-state index in [0.717, 1.165) is 63.7 Å². The lowest BCUT2D eigenvalue weighted by molar-refractivity contribution is -0.117. The molecule has 2 aliphatic rings. The van der Waals surface area contributed by atoms with Crippen LogP contribution in [0.3, 0.4) is 0 Å². The van der Waals surface area contributed by atoms with Gasteiger partial charge in [-0.3, -0.25) is 9.69 Å². The third-order valence-corrected chi connectivity index (χ3v) is 5.69. The predicted octanol–water partition coefficient (Wildman–Crippen LogP) is 1.85. The number of carbonyl (C=O) groups is 1. The SMILES string of the molecule is CN(CC(=O)Nc1ccc(N2CCOCC2)cc1)CC1CCCN1c1cccnn1. The van der Waals surface area contributed by atoms with Crippen molar-refractivity contribution in [3.05, 3.63) is 42.6 Å². The van der Waals surface area contributed by atoms with Gasteiger partial charge >= 0.3 is 0 Å². The lowest BCUT2D eigenvalue weighted by atomic mass is 10.2. The fraction of sp³-hybridized carbons (Fsp3) is 0.500. The Morgan fingerprint density at radius 3 is 2.73 bits per heavy atom. The maximum Gasteiger partial charge on any atom is 0.238 e. The van der Waals surface area contributed by atoms with Crippen molar-refractivity contribution < 1.29 is 9.53 Å². The number of amides is 1. The zero-order valence-electron chi connectivity index (χ0n) is 17.5. The minimum absolute atomic E-state index is 0.000622. The van der Waals surface area contributed by atoms with Gasteiger partial charge in [0.15, 0.2) is 5.82 Å². The summed E-state index contributed by atoms with van der Waals surface area (Å²) in [5, 5.41) is 11.2. The highest BCUT2D eigenvalue weighted by molar-refractivity contribution is 5.92. The van der Waals surface area contributed by atoms with Crippen LogP contribution in [0, 0.1) is 0 Å². The topological polar surface area (TPSA) is 73.8 Å². The molecule has 1 aromatic heterocycles. The number of aromatic nitrogens is 2. The molecule has 1 unspecified atom stereocenters. The average molecular weight is 411 g/mol.